The first-order valence-electron chi connectivity index (χ1n) is 10.6. The summed E-state index contributed by atoms with van der Waals surface area (Å²) in [5.41, 5.74) is 3.03. The number of ether oxygens (including phenoxy) is 3. The number of thiazole rings is 1. The predicted octanol–water partition coefficient (Wildman–Crippen LogP) is 4.86. The predicted molar refractivity (Wildman–Crippen MR) is 126 cm³/mol. The van der Waals surface area contributed by atoms with Crippen molar-refractivity contribution in [1.29, 1.82) is 0 Å². The molecule has 2 aromatic carbocycles. The van der Waals surface area contributed by atoms with Crippen LogP contribution in [0, 0.1) is 0 Å². The normalized spacial score (nSPS) is 15.5. The van der Waals surface area contributed by atoms with E-state index in [1.807, 2.05) is 66.1 Å². The SMILES string of the molecule is COc1cc(CCCC2OC(=O)NC2=O)ccc1OCc1csc(/C=C/c2ccccc2)n1. The summed E-state index contributed by atoms with van der Waals surface area (Å²) in [5, 5.41) is 5.04. The number of rotatable bonds is 10. The van der Waals surface area contributed by atoms with Gasteiger partial charge in [0.05, 0.1) is 12.8 Å². The largest absolute Gasteiger partial charge is 0.493 e. The molecule has 1 aliphatic rings. The van der Waals surface area contributed by atoms with Crippen molar-refractivity contribution >= 4 is 35.5 Å². The minimum absolute atomic E-state index is 0.341. The number of imide groups is 1. The number of aryl methyl sites for hydroxylation is 1. The van der Waals surface area contributed by atoms with Gasteiger partial charge in [0.2, 0.25) is 0 Å². The molecular formula is C25H24N2O5S. The number of nitrogens with zero attached hydrogens (tertiary/aromatic N) is 1. The van der Waals surface area contributed by atoms with Crippen LogP contribution in [0.1, 0.15) is 34.7 Å². The monoisotopic (exact) mass is 464 g/mol. The van der Waals surface area contributed by atoms with Gasteiger partial charge in [-0.25, -0.2) is 9.78 Å². The summed E-state index contributed by atoms with van der Waals surface area (Å²) in [5.74, 6) is 0.902. The van der Waals surface area contributed by atoms with E-state index in [1.54, 1.807) is 18.4 Å². The average Bonchev–Trinajstić information content (AvgIpc) is 3.42. The van der Waals surface area contributed by atoms with Crippen molar-refractivity contribution in [3.8, 4) is 11.5 Å². The van der Waals surface area contributed by atoms with Crippen LogP contribution >= 0.6 is 11.3 Å². The highest BCUT2D eigenvalue weighted by Gasteiger charge is 2.31. The molecule has 3 aromatic rings. The van der Waals surface area contributed by atoms with Crippen molar-refractivity contribution in [3.05, 3.63) is 75.7 Å². The van der Waals surface area contributed by atoms with Crippen LogP contribution in [0.25, 0.3) is 12.2 Å². The number of methoxy groups -OCH3 is 1. The minimum Gasteiger partial charge on any atom is -0.493 e. The van der Waals surface area contributed by atoms with Crippen LogP contribution in [0.15, 0.2) is 53.9 Å². The third-order valence-corrected chi connectivity index (χ3v) is 5.95. The number of cyclic esters (lactones) is 1. The van der Waals surface area contributed by atoms with Crippen LogP contribution in [-0.4, -0.2) is 30.2 Å². The quantitative estimate of drug-likeness (QED) is 0.461. The van der Waals surface area contributed by atoms with Gasteiger partial charge in [0.25, 0.3) is 5.91 Å². The second-order valence-corrected chi connectivity index (χ2v) is 8.36. The van der Waals surface area contributed by atoms with E-state index in [0.29, 0.717) is 30.9 Å². The van der Waals surface area contributed by atoms with E-state index in [0.717, 1.165) is 28.2 Å². The Morgan fingerprint density at radius 3 is 2.73 bits per heavy atom. The van der Waals surface area contributed by atoms with Crippen molar-refractivity contribution in [3.63, 3.8) is 0 Å². The van der Waals surface area contributed by atoms with E-state index in [2.05, 4.69) is 10.3 Å². The zero-order chi connectivity index (χ0) is 23.0. The van der Waals surface area contributed by atoms with E-state index in [4.69, 9.17) is 14.2 Å². The molecule has 0 radical (unpaired) electrons. The highest BCUT2D eigenvalue weighted by Crippen LogP contribution is 2.30. The number of hydrogen-bond acceptors (Lipinski definition) is 7. The Balaban J connectivity index is 1.29. The first-order chi connectivity index (χ1) is 16.1. The molecular weight excluding hydrogens is 440 g/mol. The van der Waals surface area contributed by atoms with Gasteiger partial charge >= 0.3 is 6.09 Å². The Bertz CT molecular complexity index is 1140. The van der Waals surface area contributed by atoms with Crippen LogP contribution < -0.4 is 14.8 Å². The number of hydrogen-bond donors (Lipinski definition) is 1. The first-order valence-corrected chi connectivity index (χ1v) is 11.5. The summed E-state index contributed by atoms with van der Waals surface area (Å²) in [6.07, 6.45) is 4.56. The standard InChI is InChI=1S/C25H24N2O5S/c1-30-22-14-18(8-5-9-21-24(28)27-25(29)32-21)10-12-20(22)31-15-19-16-33-23(26-19)13-11-17-6-3-2-4-7-17/h2-4,6-7,10-14,16,21H,5,8-9,15H2,1H3,(H,27,28,29)/b13-11+. The van der Waals surface area contributed by atoms with Gasteiger partial charge in [-0.1, -0.05) is 42.5 Å². The van der Waals surface area contributed by atoms with Gasteiger partial charge < -0.3 is 14.2 Å². The minimum atomic E-state index is -0.701. The number of nitrogens with one attached hydrogen (secondary N) is 1. The number of aromatic nitrogens is 1. The molecule has 1 atom stereocenters. The molecule has 33 heavy (non-hydrogen) atoms. The van der Waals surface area contributed by atoms with Crippen LogP contribution in [0.3, 0.4) is 0 Å². The van der Waals surface area contributed by atoms with E-state index < -0.39 is 12.2 Å². The summed E-state index contributed by atoms with van der Waals surface area (Å²) in [7, 11) is 1.60. The van der Waals surface area contributed by atoms with Crippen LogP contribution in [-0.2, 0) is 22.6 Å². The molecule has 170 valence electrons. The van der Waals surface area contributed by atoms with Crippen molar-refractivity contribution < 1.29 is 23.8 Å². The maximum absolute atomic E-state index is 11.6. The zero-order valence-electron chi connectivity index (χ0n) is 18.2. The van der Waals surface area contributed by atoms with Crippen LogP contribution in [0.2, 0.25) is 0 Å². The van der Waals surface area contributed by atoms with E-state index >= 15 is 0 Å². The summed E-state index contributed by atoms with van der Waals surface area (Å²) >= 11 is 1.57. The Labute approximate surface area is 196 Å². The Morgan fingerprint density at radius 2 is 1.97 bits per heavy atom. The first kappa shape index (κ1) is 22.5. The van der Waals surface area contributed by atoms with E-state index in [9.17, 15) is 9.59 Å². The van der Waals surface area contributed by atoms with E-state index in [-0.39, 0.29) is 5.91 Å². The smallest absolute Gasteiger partial charge is 0.414 e. The molecule has 4 rings (SSSR count). The maximum atomic E-state index is 11.6. The highest BCUT2D eigenvalue weighted by molar-refractivity contribution is 7.10. The second kappa shape index (κ2) is 10.8. The molecule has 0 bridgehead atoms. The van der Waals surface area contributed by atoms with Crippen molar-refractivity contribution in [2.24, 2.45) is 0 Å². The molecule has 1 saturated heterocycles. The molecule has 1 aliphatic heterocycles. The lowest BCUT2D eigenvalue weighted by atomic mass is 10.1. The Kier molecular flexibility index (Phi) is 7.36. The number of alkyl carbamates (subject to hydrolysis) is 1. The molecule has 1 unspecified atom stereocenters. The third-order valence-electron chi connectivity index (χ3n) is 5.09. The van der Waals surface area contributed by atoms with Gasteiger partial charge in [-0.2, -0.15) is 0 Å². The average molecular weight is 465 g/mol. The van der Waals surface area contributed by atoms with E-state index in [1.165, 1.54) is 0 Å². The summed E-state index contributed by atoms with van der Waals surface area (Å²) in [6.45, 7) is 0.341. The molecule has 1 N–H and O–H groups in total. The van der Waals surface area contributed by atoms with Crippen molar-refractivity contribution in [1.82, 2.24) is 10.3 Å². The number of benzene rings is 2. The summed E-state index contributed by atoms with van der Waals surface area (Å²) in [6, 6.07) is 15.9. The second-order valence-electron chi connectivity index (χ2n) is 7.47. The fraction of sp³-hybridized carbons (Fsp3) is 0.240. The molecule has 0 aliphatic carbocycles. The molecule has 1 aromatic heterocycles. The lowest BCUT2D eigenvalue weighted by Gasteiger charge is -2.12. The zero-order valence-corrected chi connectivity index (χ0v) is 19.0. The maximum Gasteiger partial charge on any atom is 0.414 e. The van der Waals surface area contributed by atoms with Crippen molar-refractivity contribution in [2.75, 3.05) is 7.11 Å². The molecule has 8 heteroatoms. The lowest BCUT2D eigenvalue weighted by Crippen LogP contribution is -2.24. The van der Waals surface area contributed by atoms with Crippen molar-refractivity contribution in [2.45, 2.75) is 32.0 Å². The number of carbonyl (C=O) groups is 2. The molecule has 0 spiro atoms. The van der Waals surface area contributed by atoms with Gasteiger partial charge in [0, 0.05) is 5.38 Å². The third kappa shape index (κ3) is 6.20. The molecule has 2 amide bonds. The topological polar surface area (TPSA) is 86.8 Å². The van der Waals surface area contributed by atoms with Crippen LogP contribution in [0.5, 0.6) is 11.5 Å². The lowest BCUT2D eigenvalue weighted by molar-refractivity contribution is -0.123. The summed E-state index contributed by atoms with van der Waals surface area (Å²) in [4.78, 5) is 27.2. The Hall–Kier alpha value is -3.65. The molecule has 1 fully saturated rings. The fourth-order valence-corrected chi connectivity index (χ4v) is 4.10. The Morgan fingerprint density at radius 1 is 1.12 bits per heavy atom. The van der Waals surface area contributed by atoms with Crippen LogP contribution in [0.4, 0.5) is 4.79 Å². The fourth-order valence-electron chi connectivity index (χ4n) is 3.41. The molecule has 7 nitrogen and oxygen atoms in total. The molecule has 0 saturated carbocycles. The van der Waals surface area contributed by atoms with Gasteiger partial charge in [-0.3, -0.25) is 10.1 Å². The summed E-state index contributed by atoms with van der Waals surface area (Å²) < 4.78 is 16.4. The molecule has 2 heterocycles. The highest BCUT2D eigenvalue weighted by atomic mass is 32.1. The van der Waals surface area contributed by atoms with Gasteiger partial charge in [0.1, 0.15) is 11.6 Å². The van der Waals surface area contributed by atoms with Gasteiger partial charge in [-0.05, 0) is 48.6 Å². The van der Waals surface area contributed by atoms with Gasteiger partial charge in [-0.15, -0.1) is 11.3 Å². The number of carbonyl (C=O) groups excluding carboxylic acids is 2. The van der Waals surface area contributed by atoms with Gasteiger partial charge in [0.15, 0.2) is 17.6 Å². The number of amides is 2.